The summed E-state index contributed by atoms with van der Waals surface area (Å²) in [5.74, 6) is 0. The van der Waals surface area contributed by atoms with Gasteiger partial charge in [0.25, 0.3) is 0 Å². The highest BCUT2D eigenvalue weighted by molar-refractivity contribution is 7.71. The van der Waals surface area contributed by atoms with Gasteiger partial charge in [0.1, 0.15) is 11.0 Å². The van der Waals surface area contributed by atoms with Crippen molar-refractivity contribution in [1.29, 1.82) is 0 Å². The molecule has 0 aliphatic rings. The Morgan fingerprint density at radius 3 is 2.73 bits per heavy atom. The Labute approximate surface area is 92.5 Å². The zero-order valence-electron chi connectivity index (χ0n) is 8.27. The molecule has 4 nitrogen and oxygen atoms in total. The number of aromatic amines is 1. The topological polar surface area (TPSA) is 54.5 Å². The molecule has 2 aromatic heterocycles. The summed E-state index contributed by atoms with van der Waals surface area (Å²) in [5, 5.41) is 0. The fourth-order valence-corrected chi connectivity index (χ4v) is 1.74. The Kier molecular flexibility index (Phi) is 2.82. The van der Waals surface area contributed by atoms with Crippen LogP contribution in [0.4, 0.5) is 0 Å². The van der Waals surface area contributed by atoms with Gasteiger partial charge in [0.15, 0.2) is 0 Å². The van der Waals surface area contributed by atoms with E-state index in [-0.39, 0.29) is 0 Å². The van der Waals surface area contributed by atoms with Crippen LogP contribution in [0.2, 0.25) is 0 Å². The first-order valence-electron chi connectivity index (χ1n) is 4.65. The Hall–Kier alpha value is -1.62. The molecule has 0 saturated carbocycles. The molecule has 0 spiro atoms. The van der Waals surface area contributed by atoms with Gasteiger partial charge in [-0.2, -0.15) is 0 Å². The first kappa shape index (κ1) is 9.92. The van der Waals surface area contributed by atoms with Gasteiger partial charge in [-0.15, -0.1) is 0 Å². The van der Waals surface area contributed by atoms with Crippen molar-refractivity contribution >= 4 is 12.2 Å². The number of H-pyrrole nitrogens is 1. The highest BCUT2D eigenvalue weighted by Gasteiger charge is 2.06. The number of hydrogen-bond acceptors (Lipinski definition) is 4. The van der Waals surface area contributed by atoms with Crippen molar-refractivity contribution in [3.63, 3.8) is 0 Å². The number of hydrogen-bond donors (Lipinski definition) is 1. The monoisotopic (exact) mass is 218 g/mol. The summed E-state index contributed by atoms with van der Waals surface area (Å²) < 4.78 is 0.634. The van der Waals surface area contributed by atoms with Crippen molar-refractivity contribution in [3.05, 3.63) is 35.3 Å². The fourth-order valence-electron chi connectivity index (χ4n) is 1.44. The lowest BCUT2D eigenvalue weighted by atomic mass is 10.1. The van der Waals surface area contributed by atoms with Crippen molar-refractivity contribution in [1.82, 2.24) is 19.9 Å². The molecule has 0 aliphatic heterocycles. The molecule has 0 amide bonds. The van der Waals surface area contributed by atoms with E-state index in [1.54, 1.807) is 18.7 Å². The lowest BCUT2D eigenvalue weighted by Gasteiger charge is -2.05. The number of nitrogens with one attached hydrogen (secondary N) is 1. The average Bonchev–Trinajstić information content (AvgIpc) is 2.30. The molecule has 2 heterocycles. The van der Waals surface area contributed by atoms with Gasteiger partial charge in [-0.3, -0.25) is 0 Å². The molecule has 2 aromatic rings. The number of aromatic nitrogens is 4. The quantitative estimate of drug-likeness (QED) is 0.785. The minimum absolute atomic E-state index is 0.634. The van der Waals surface area contributed by atoms with E-state index in [1.165, 1.54) is 6.33 Å². The summed E-state index contributed by atoms with van der Waals surface area (Å²) in [6, 6.07) is 0. The van der Waals surface area contributed by atoms with E-state index in [2.05, 4.69) is 19.9 Å². The van der Waals surface area contributed by atoms with Gasteiger partial charge in [0, 0.05) is 23.5 Å². The van der Waals surface area contributed by atoms with Gasteiger partial charge < -0.3 is 4.98 Å². The number of rotatable bonds is 2. The Morgan fingerprint density at radius 2 is 2.07 bits per heavy atom. The van der Waals surface area contributed by atoms with Crippen LogP contribution in [0.3, 0.4) is 0 Å². The summed E-state index contributed by atoms with van der Waals surface area (Å²) >= 11 is 5.17. The van der Waals surface area contributed by atoms with Crippen LogP contribution in [-0.2, 0) is 6.42 Å². The fraction of sp³-hybridized carbons (Fsp3) is 0.200. The van der Waals surface area contributed by atoms with Crippen LogP contribution < -0.4 is 0 Å². The summed E-state index contributed by atoms with van der Waals surface area (Å²) in [5.41, 5.74) is 2.92. The zero-order chi connectivity index (χ0) is 10.7. The lowest BCUT2D eigenvalue weighted by molar-refractivity contribution is 1.03. The van der Waals surface area contributed by atoms with Gasteiger partial charge in [-0.25, -0.2) is 15.0 Å². The van der Waals surface area contributed by atoms with Crippen LogP contribution in [0.1, 0.15) is 12.5 Å². The third kappa shape index (κ3) is 1.92. The highest BCUT2D eigenvalue weighted by atomic mass is 32.1. The lowest BCUT2D eigenvalue weighted by Crippen LogP contribution is -1.95. The van der Waals surface area contributed by atoms with Crippen LogP contribution in [0.25, 0.3) is 11.3 Å². The molecular weight excluding hydrogens is 208 g/mol. The van der Waals surface area contributed by atoms with Gasteiger partial charge in [0.2, 0.25) is 0 Å². The van der Waals surface area contributed by atoms with E-state index < -0.39 is 0 Å². The predicted octanol–water partition coefficient (Wildman–Crippen LogP) is 2.16. The van der Waals surface area contributed by atoms with E-state index >= 15 is 0 Å². The van der Waals surface area contributed by atoms with Crippen molar-refractivity contribution in [2.24, 2.45) is 0 Å². The molecule has 15 heavy (non-hydrogen) atoms. The minimum Gasteiger partial charge on any atom is -0.345 e. The highest BCUT2D eigenvalue weighted by Crippen LogP contribution is 2.19. The molecule has 2 rings (SSSR count). The van der Waals surface area contributed by atoms with E-state index in [4.69, 9.17) is 12.2 Å². The summed E-state index contributed by atoms with van der Waals surface area (Å²) in [6.07, 6.45) is 7.46. The SMILES string of the molecule is CCc1c(-c2cncnc2)[nH]cnc1=S. The van der Waals surface area contributed by atoms with Gasteiger partial charge in [0.05, 0.1) is 12.0 Å². The first-order chi connectivity index (χ1) is 7.33. The molecule has 0 unspecified atom stereocenters. The van der Waals surface area contributed by atoms with Gasteiger partial charge in [-0.1, -0.05) is 19.1 Å². The number of nitrogens with zero attached hydrogens (tertiary/aromatic N) is 3. The molecule has 0 fully saturated rings. The molecule has 0 aliphatic carbocycles. The third-order valence-electron chi connectivity index (χ3n) is 2.15. The maximum Gasteiger partial charge on any atom is 0.133 e. The second kappa shape index (κ2) is 4.27. The zero-order valence-corrected chi connectivity index (χ0v) is 9.08. The second-order valence-corrected chi connectivity index (χ2v) is 3.43. The van der Waals surface area contributed by atoms with Crippen LogP contribution in [-0.4, -0.2) is 19.9 Å². The molecule has 76 valence electrons. The Morgan fingerprint density at radius 1 is 1.33 bits per heavy atom. The summed E-state index contributed by atoms with van der Waals surface area (Å²) in [7, 11) is 0. The largest absolute Gasteiger partial charge is 0.345 e. The van der Waals surface area contributed by atoms with Crippen LogP contribution in [0.15, 0.2) is 25.0 Å². The molecule has 0 bridgehead atoms. The van der Waals surface area contributed by atoms with Crippen LogP contribution in [0, 0.1) is 4.64 Å². The molecular formula is C10H10N4S. The smallest absolute Gasteiger partial charge is 0.133 e. The van der Waals surface area contributed by atoms with Gasteiger partial charge >= 0.3 is 0 Å². The van der Waals surface area contributed by atoms with Crippen molar-refractivity contribution in [2.45, 2.75) is 13.3 Å². The molecule has 0 saturated heterocycles. The minimum atomic E-state index is 0.634. The molecule has 1 N–H and O–H groups in total. The Bertz CT molecular complexity index is 506. The third-order valence-corrected chi connectivity index (χ3v) is 2.51. The molecule has 0 radical (unpaired) electrons. The van der Waals surface area contributed by atoms with E-state index in [1.807, 2.05) is 6.92 Å². The van der Waals surface area contributed by atoms with Crippen molar-refractivity contribution < 1.29 is 0 Å². The predicted molar refractivity (Wildman–Crippen MR) is 59.8 cm³/mol. The van der Waals surface area contributed by atoms with Crippen molar-refractivity contribution in [3.8, 4) is 11.3 Å². The molecule has 0 aromatic carbocycles. The van der Waals surface area contributed by atoms with Crippen LogP contribution >= 0.6 is 12.2 Å². The van der Waals surface area contributed by atoms with Gasteiger partial charge in [-0.05, 0) is 6.42 Å². The maximum absolute atomic E-state index is 5.17. The van der Waals surface area contributed by atoms with E-state index in [0.717, 1.165) is 23.2 Å². The first-order valence-corrected chi connectivity index (χ1v) is 5.05. The maximum atomic E-state index is 5.17. The van der Waals surface area contributed by atoms with E-state index in [0.29, 0.717) is 4.64 Å². The molecule has 0 atom stereocenters. The molecule has 5 heteroatoms. The van der Waals surface area contributed by atoms with Crippen LogP contribution in [0.5, 0.6) is 0 Å². The average molecular weight is 218 g/mol. The van der Waals surface area contributed by atoms with Crippen molar-refractivity contribution in [2.75, 3.05) is 0 Å². The Balaban J connectivity index is 2.63. The summed E-state index contributed by atoms with van der Waals surface area (Å²) in [6.45, 7) is 2.05. The normalized spacial score (nSPS) is 10.2. The second-order valence-electron chi connectivity index (χ2n) is 3.04. The standard InChI is InChI=1S/C10H10N4S/c1-2-8-9(13-6-14-10(8)15)7-3-11-5-12-4-7/h3-6H,2H2,1H3,(H,13,14,15). The van der Waals surface area contributed by atoms with E-state index in [9.17, 15) is 0 Å². The summed E-state index contributed by atoms with van der Waals surface area (Å²) in [4.78, 5) is 15.1.